The van der Waals surface area contributed by atoms with Gasteiger partial charge in [-0.25, -0.2) is 0 Å². The van der Waals surface area contributed by atoms with Crippen molar-refractivity contribution in [3.05, 3.63) is 33.2 Å². The average molecular weight is 295 g/mol. The Labute approximate surface area is 120 Å². The lowest BCUT2D eigenvalue weighted by atomic mass is 10.1. The number of pyridine rings is 1. The van der Waals surface area contributed by atoms with E-state index in [4.69, 9.17) is 4.74 Å². The minimum atomic E-state index is 0. The number of ether oxygens (including phenoxy) is 1. The predicted molar refractivity (Wildman–Crippen MR) is 77.1 cm³/mol. The van der Waals surface area contributed by atoms with Gasteiger partial charge in [-0.15, -0.1) is 24.8 Å². The number of halogens is 2. The van der Waals surface area contributed by atoms with E-state index in [1.165, 1.54) is 0 Å². The summed E-state index contributed by atoms with van der Waals surface area (Å²) in [7, 11) is 0. The molecule has 0 saturated carbocycles. The molecular weight excluding hydrogens is 275 g/mol. The number of nitrogens with one attached hydrogen (secondary N) is 1. The Kier molecular flexibility index (Phi) is 7.55. The number of hydrogen-bond donors (Lipinski definition) is 1. The topological polar surface area (TPSA) is 45.3 Å². The van der Waals surface area contributed by atoms with Gasteiger partial charge in [0.2, 0.25) is 0 Å². The highest BCUT2D eigenvalue weighted by Crippen LogP contribution is 2.07. The normalized spacial score (nSPS) is 15.7. The minimum absolute atomic E-state index is 0. The van der Waals surface area contributed by atoms with Crippen LogP contribution in [-0.2, 0) is 11.3 Å². The maximum atomic E-state index is 11.8. The first kappa shape index (κ1) is 17.4. The fraction of sp³-hybridized carbons (Fsp3) is 0.583. The van der Waals surface area contributed by atoms with Gasteiger partial charge in [0.1, 0.15) is 0 Å². The molecule has 104 valence electrons. The van der Waals surface area contributed by atoms with E-state index in [1.807, 2.05) is 13.8 Å². The summed E-state index contributed by atoms with van der Waals surface area (Å²) < 4.78 is 5.30. The Morgan fingerprint density at radius 1 is 1.28 bits per heavy atom. The molecule has 0 aliphatic carbocycles. The summed E-state index contributed by atoms with van der Waals surface area (Å²) in [4.78, 5) is 17.3. The molecule has 0 spiro atoms. The molecule has 1 N–H and O–H groups in total. The molecule has 0 aromatic carbocycles. The van der Waals surface area contributed by atoms with Gasteiger partial charge in [-0.2, -0.15) is 0 Å². The summed E-state index contributed by atoms with van der Waals surface area (Å²) in [6, 6.07) is 0. The Morgan fingerprint density at radius 3 is 2.50 bits per heavy atom. The zero-order valence-electron chi connectivity index (χ0n) is 10.7. The van der Waals surface area contributed by atoms with Crippen LogP contribution < -0.4 is 5.43 Å². The number of H-pyrrole nitrogens is 1. The molecule has 1 fully saturated rings. The van der Waals surface area contributed by atoms with Gasteiger partial charge >= 0.3 is 0 Å². The third-order valence-electron chi connectivity index (χ3n) is 3.10. The smallest absolute Gasteiger partial charge is 0.187 e. The molecule has 1 aliphatic heterocycles. The maximum Gasteiger partial charge on any atom is 0.187 e. The second kappa shape index (κ2) is 7.79. The number of hydrogen-bond acceptors (Lipinski definition) is 3. The number of morpholine rings is 1. The Balaban J connectivity index is 0.00000144. The molecule has 0 bridgehead atoms. The first-order valence-electron chi connectivity index (χ1n) is 5.66. The fourth-order valence-electron chi connectivity index (χ4n) is 1.95. The van der Waals surface area contributed by atoms with Crippen LogP contribution in [0, 0.1) is 13.8 Å². The molecule has 1 aliphatic rings. The van der Waals surface area contributed by atoms with Crippen LogP contribution in [0.4, 0.5) is 0 Å². The van der Waals surface area contributed by atoms with Gasteiger partial charge in [0.25, 0.3) is 0 Å². The minimum Gasteiger partial charge on any atom is -0.379 e. The molecule has 0 amide bonds. The van der Waals surface area contributed by atoms with Gasteiger partial charge in [0, 0.05) is 42.7 Å². The standard InChI is InChI=1S/C12H18N2O2.2ClH/c1-9-7-13-11(10(2)12(9)15)8-14-3-5-16-6-4-14;;/h7H,3-6,8H2,1-2H3,(H,13,15);2*1H. The van der Waals surface area contributed by atoms with Crippen LogP contribution >= 0.6 is 24.8 Å². The summed E-state index contributed by atoms with van der Waals surface area (Å²) in [6.07, 6.45) is 1.80. The van der Waals surface area contributed by atoms with E-state index in [0.717, 1.165) is 49.7 Å². The van der Waals surface area contributed by atoms with Crippen molar-refractivity contribution in [3.8, 4) is 0 Å². The molecule has 4 nitrogen and oxygen atoms in total. The van der Waals surface area contributed by atoms with Crippen molar-refractivity contribution < 1.29 is 4.74 Å². The van der Waals surface area contributed by atoms with Crippen molar-refractivity contribution in [2.75, 3.05) is 26.3 Å². The maximum absolute atomic E-state index is 11.8. The second-order valence-electron chi connectivity index (χ2n) is 4.29. The van der Waals surface area contributed by atoms with E-state index in [-0.39, 0.29) is 30.2 Å². The van der Waals surface area contributed by atoms with Crippen molar-refractivity contribution in [2.45, 2.75) is 20.4 Å². The van der Waals surface area contributed by atoms with Crippen molar-refractivity contribution >= 4 is 24.8 Å². The number of aryl methyl sites for hydroxylation is 1. The van der Waals surface area contributed by atoms with Crippen LogP contribution in [0.25, 0.3) is 0 Å². The van der Waals surface area contributed by atoms with E-state index in [0.29, 0.717) is 0 Å². The first-order chi connectivity index (χ1) is 7.68. The number of nitrogens with zero attached hydrogens (tertiary/aromatic N) is 1. The molecule has 2 heterocycles. The number of rotatable bonds is 2. The average Bonchev–Trinajstić information content (AvgIpc) is 2.31. The Bertz CT molecular complexity index is 429. The summed E-state index contributed by atoms with van der Waals surface area (Å²) in [5, 5.41) is 0. The highest BCUT2D eigenvalue weighted by atomic mass is 35.5. The van der Waals surface area contributed by atoms with Crippen LogP contribution in [0.5, 0.6) is 0 Å². The molecule has 6 heteroatoms. The molecular formula is C12H20Cl2N2O2. The molecule has 0 radical (unpaired) electrons. The molecule has 0 unspecified atom stereocenters. The van der Waals surface area contributed by atoms with E-state index in [1.54, 1.807) is 6.20 Å². The third kappa shape index (κ3) is 3.99. The van der Waals surface area contributed by atoms with Gasteiger partial charge in [0.05, 0.1) is 13.2 Å². The van der Waals surface area contributed by atoms with Crippen molar-refractivity contribution in [3.63, 3.8) is 0 Å². The quantitative estimate of drug-likeness (QED) is 0.902. The van der Waals surface area contributed by atoms with Crippen molar-refractivity contribution in [2.24, 2.45) is 0 Å². The van der Waals surface area contributed by atoms with E-state index >= 15 is 0 Å². The molecule has 1 saturated heterocycles. The second-order valence-corrected chi connectivity index (χ2v) is 4.29. The summed E-state index contributed by atoms with van der Waals surface area (Å²) in [5.74, 6) is 0. The summed E-state index contributed by atoms with van der Waals surface area (Å²) in [6.45, 7) is 7.99. The number of aromatic nitrogens is 1. The summed E-state index contributed by atoms with van der Waals surface area (Å²) >= 11 is 0. The van der Waals surface area contributed by atoms with Crippen LogP contribution in [0.15, 0.2) is 11.0 Å². The van der Waals surface area contributed by atoms with Gasteiger partial charge in [0.15, 0.2) is 5.43 Å². The Hall–Kier alpha value is -0.550. The molecule has 1 aromatic heterocycles. The highest BCUT2D eigenvalue weighted by molar-refractivity contribution is 5.85. The molecule has 18 heavy (non-hydrogen) atoms. The SMILES string of the molecule is Cc1c[nH]c(CN2CCOCC2)c(C)c1=O.Cl.Cl. The molecule has 2 rings (SSSR count). The van der Waals surface area contributed by atoms with Crippen LogP contribution in [-0.4, -0.2) is 36.2 Å². The van der Waals surface area contributed by atoms with Gasteiger partial charge in [-0.05, 0) is 13.8 Å². The first-order valence-corrected chi connectivity index (χ1v) is 5.66. The Morgan fingerprint density at radius 2 is 1.89 bits per heavy atom. The number of aromatic amines is 1. The lowest BCUT2D eigenvalue weighted by molar-refractivity contribution is 0.0335. The van der Waals surface area contributed by atoms with Crippen molar-refractivity contribution in [1.29, 1.82) is 0 Å². The van der Waals surface area contributed by atoms with Crippen molar-refractivity contribution in [1.82, 2.24) is 9.88 Å². The van der Waals surface area contributed by atoms with Gasteiger partial charge < -0.3 is 9.72 Å². The lowest BCUT2D eigenvalue weighted by Gasteiger charge is -2.26. The lowest BCUT2D eigenvalue weighted by Crippen LogP contribution is -2.36. The van der Waals surface area contributed by atoms with Crippen LogP contribution in [0.1, 0.15) is 16.8 Å². The van der Waals surface area contributed by atoms with Crippen LogP contribution in [0.2, 0.25) is 0 Å². The zero-order valence-corrected chi connectivity index (χ0v) is 12.3. The third-order valence-corrected chi connectivity index (χ3v) is 3.10. The monoisotopic (exact) mass is 294 g/mol. The molecule has 1 aromatic rings. The van der Waals surface area contributed by atoms with E-state index < -0.39 is 0 Å². The van der Waals surface area contributed by atoms with E-state index in [9.17, 15) is 4.79 Å². The van der Waals surface area contributed by atoms with Gasteiger partial charge in [-0.3, -0.25) is 9.69 Å². The van der Waals surface area contributed by atoms with Gasteiger partial charge in [-0.1, -0.05) is 0 Å². The zero-order chi connectivity index (χ0) is 11.5. The predicted octanol–water partition coefficient (Wildman–Crippen LogP) is 1.67. The van der Waals surface area contributed by atoms with E-state index in [2.05, 4.69) is 9.88 Å². The van der Waals surface area contributed by atoms with Crippen LogP contribution in [0.3, 0.4) is 0 Å². The highest BCUT2D eigenvalue weighted by Gasteiger charge is 2.13. The molecule has 0 atom stereocenters. The summed E-state index contributed by atoms with van der Waals surface area (Å²) in [5.41, 5.74) is 2.80. The largest absolute Gasteiger partial charge is 0.379 e. The fourth-order valence-corrected chi connectivity index (χ4v) is 1.95.